The predicted molar refractivity (Wildman–Crippen MR) is 87.8 cm³/mol. The normalized spacial score (nSPS) is 12.3. The van der Waals surface area contributed by atoms with Crippen LogP contribution in [0.15, 0.2) is 30.5 Å². The van der Waals surface area contributed by atoms with E-state index in [1.807, 2.05) is 13.8 Å². The minimum atomic E-state index is -0.704. The summed E-state index contributed by atoms with van der Waals surface area (Å²) in [5.41, 5.74) is 0. The Kier molecular flexibility index (Phi) is 5.32. The summed E-state index contributed by atoms with van der Waals surface area (Å²) in [7, 11) is 0. The first kappa shape index (κ1) is 16.6. The van der Waals surface area contributed by atoms with E-state index in [-0.39, 0.29) is 11.9 Å². The molecule has 22 heavy (non-hydrogen) atoms. The lowest BCUT2D eigenvalue weighted by Gasteiger charge is -2.16. The van der Waals surface area contributed by atoms with E-state index in [1.165, 1.54) is 0 Å². The zero-order chi connectivity index (χ0) is 16.3. The van der Waals surface area contributed by atoms with Gasteiger partial charge in [-0.25, -0.2) is 4.68 Å². The second kappa shape index (κ2) is 7.03. The fourth-order valence-electron chi connectivity index (χ4n) is 1.91. The van der Waals surface area contributed by atoms with Crippen LogP contribution in [0, 0.1) is 0 Å². The van der Waals surface area contributed by atoms with Crippen molar-refractivity contribution in [3.63, 3.8) is 0 Å². The number of amides is 1. The van der Waals surface area contributed by atoms with Crippen molar-refractivity contribution in [2.75, 3.05) is 5.32 Å². The van der Waals surface area contributed by atoms with Gasteiger partial charge in [0.05, 0.1) is 6.20 Å². The number of hydrogen-bond acceptors (Lipinski definition) is 3. The highest BCUT2D eigenvalue weighted by Crippen LogP contribution is 2.25. The SMILES string of the molecule is CC(Oc1cc(Cl)cc(Cl)c1)C(=O)Nc1ccnn1C(C)C. The van der Waals surface area contributed by atoms with Crippen molar-refractivity contribution < 1.29 is 9.53 Å². The number of aromatic nitrogens is 2. The molecule has 0 aliphatic carbocycles. The zero-order valence-corrected chi connectivity index (χ0v) is 14.0. The van der Waals surface area contributed by atoms with Gasteiger partial charge in [-0.2, -0.15) is 5.10 Å². The smallest absolute Gasteiger partial charge is 0.266 e. The van der Waals surface area contributed by atoms with E-state index in [1.54, 1.807) is 42.1 Å². The minimum absolute atomic E-state index is 0.147. The fourth-order valence-corrected chi connectivity index (χ4v) is 2.41. The van der Waals surface area contributed by atoms with Gasteiger partial charge in [-0.15, -0.1) is 0 Å². The van der Waals surface area contributed by atoms with Crippen LogP contribution < -0.4 is 10.1 Å². The zero-order valence-electron chi connectivity index (χ0n) is 12.5. The summed E-state index contributed by atoms with van der Waals surface area (Å²) >= 11 is 11.8. The van der Waals surface area contributed by atoms with Crippen LogP contribution in [0.5, 0.6) is 5.75 Å². The molecule has 1 amide bonds. The summed E-state index contributed by atoms with van der Waals surface area (Å²) in [4.78, 5) is 12.2. The second-order valence-corrected chi connectivity index (χ2v) is 5.98. The molecule has 1 atom stereocenters. The van der Waals surface area contributed by atoms with Crippen LogP contribution >= 0.6 is 23.2 Å². The van der Waals surface area contributed by atoms with Crippen LogP contribution in [0.4, 0.5) is 5.82 Å². The Hall–Kier alpha value is -1.72. The van der Waals surface area contributed by atoms with Crippen molar-refractivity contribution in [2.24, 2.45) is 0 Å². The Morgan fingerprint density at radius 1 is 1.23 bits per heavy atom. The third-order valence-corrected chi connectivity index (χ3v) is 3.37. The number of hydrogen-bond donors (Lipinski definition) is 1. The number of anilines is 1. The van der Waals surface area contributed by atoms with Crippen LogP contribution in [0.3, 0.4) is 0 Å². The molecule has 0 bridgehead atoms. The minimum Gasteiger partial charge on any atom is -0.481 e. The first-order valence-corrected chi connectivity index (χ1v) is 7.59. The van der Waals surface area contributed by atoms with E-state index in [0.29, 0.717) is 21.6 Å². The molecule has 5 nitrogen and oxygen atoms in total. The van der Waals surface area contributed by atoms with E-state index in [4.69, 9.17) is 27.9 Å². The van der Waals surface area contributed by atoms with Crippen molar-refractivity contribution in [1.29, 1.82) is 0 Å². The lowest BCUT2D eigenvalue weighted by atomic mass is 10.3. The molecule has 0 radical (unpaired) electrons. The van der Waals surface area contributed by atoms with Crippen LogP contribution in [0.2, 0.25) is 10.0 Å². The van der Waals surface area contributed by atoms with Gasteiger partial charge in [-0.3, -0.25) is 4.79 Å². The molecule has 0 aliphatic heterocycles. The van der Waals surface area contributed by atoms with E-state index in [2.05, 4.69) is 10.4 Å². The Morgan fingerprint density at radius 3 is 2.45 bits per heavy atom. The van der Waals surface area contributed by atoms with E-state index >= 15 is 0 Å². The lowest BCUT2D eigenvalue weighted by Crippen LogP contribution is -2.31. The molecule has 7 heteroatoms. The molecule has 1 aromatic heterocycles. The number of carbonyl (C=O) groups excluding carboxylic acids is 1. The molecule has 0 aliphatic rings. The first-order chi connectivity index (χ1) is 10.4. The largest absolute Gasteiger partial charge is 0.481 e. The van der Waals surface area contributed by atoms with Crippen molar-refractivity contribution in [1.82, 2.24) is 9.78 Å². The molecule has 2 rings (SSSR count). The van der Waals surface area contributed by atoms with Gasteiger partial charge in [-0.1, -0.05) is 23.2 Å². The molecular weight excluding hydrogens is 325 g/mol. The van der Waals surface area contributed by atoms with Crippen molar-refractivity contribution in [2.45, 2.75) is 32.9 Å². The van der Waals surface area contributed by atoms with Crippen LogP contribution in [0.1, 0.15) is 26.8 Å². The summed E-state index contributed by atoms with van der Waals surface area (Å²) in [5.74, 6) is 0.788. The third-order valence-electron chi connectivity index (χ3n) is 2.93. The average molecular weight is 342 g/mol. The van der Waals surface area contributed by atoms with Gasteiger partial charge >= 0.3 is 0 Å². The van der Waals surface area contributed by atoms with E-state index in [9.17, 15) is 4.79 Å². The number of benzene rings is 1. The maximum absolute atomic E-state index is 12.2. The van der Waals surface area contributed by atoms with Crippen molar-refractivity contribution in [3.05, 3.63) is 40.5 Å². The molecule has 1 unspecified atom stereocenters. The van der Waals surface area contributed by atoms with Gasteiger partial charge in [0.2, 0.25) is 0 Å². The quantitative estimate of drug-likeness (QED) is 0.887. The Balaban J connectivity index is 2.04. The predicted octanol–water partition coefficient (Wildman–Crippen LogP) is 4.18. The number of halogens is 2. The highest BCUT2D eigenvalue weighted by Gasteiger charge is 2.17. The summed E-state index contributed by atoms with van der Waals surface area (Å²) in [6.07, 6.45) is 0.933. The van der Waals surface area contributed by atoms with Crippen molar-refractivity contribution >= 4 is 34.9 Å². The van der Waals surface area contributed by atoms with E-state index < -0.39 is 6.10 Å². The van der Waals surface area contributed by atoms with Gasteiger partial charge < -0.3 is 10.1 Å². The Bertz CT molecular complexity index is 650. The molecule has 0 spiro atoms. The highest BCUT2D eigenvalue weighted by molar-refractivity contribution is 6.34. The standard InChI is InChI=1S/C15H17Cl2N3O2/c1-9(2)20-14(4-5-18-20)19-15(21)10(3)22-13-7-11(16)6-12(17)8-13/h4-10H,1-3H3,(H,19,21). The first-order valence-electron chi connectivity index (χ1n) is 6.84. The maximum Gasteiger partial charge on any atom is 0.266 e. The molecule has 1 heterocycles. The number of ether oxygens (including phenoxy) is 1. The van der Waals surface area contributed by atoms with Gasteiger partial charge in [0, 0.05) is 22.2 Å². The molecule has 0 saturated carbocycles. The van der Waals surface area contributed by atoms with Gasteiger partial charge in [0.15, 0.2) is 6.10 Å². The molecule has 1 N–H and O–H groups in total. The third kappa shape index (κ3) is 4.15. The van der Waals surface area contributed by atoms with Crippen molar-refractivity contribution in [3.8, 4) is 5.75 Å². The maximum atomic E-state index is 12.2. The molecule has 1 aromatic carbocycles. The Morgan fingerprint density at radius 2 is 1.86 bits per heavy atom. The monoisotopic (exact) mass is 341 g/mol. The van der Waals surface area contributed by atoms with Crippen LogP contribution in [-0.4, -0.2) is 21.8 Å². The summed E-state index contributed by atoms with van der Waals surface area (Å²) < 4.78 is 7.30. The average Bonchev–Trinajstić information content (AvgIpc) is 2.85. The molecule has 0 saturated heterocycles. The molecule has 118 valence electrons. The second-order valence-electron chi connectivity index (χ2n) is 5.11. The summed E-state index contributed by atoms with van der Waals surface area (Å²) in [6, 6.07) is 6.70. The molecular formula is C15H17Cl2N3O2. The van der Waals surface area contributed by atoms with Gasteiger partial charge in [0.1, 0.15) is 11.6 Å². The Labute approximate surface area is 139 Å². The fraction of sp³-hybridized carbons (Fsp3) is 0.333. The lowest BCUT2D eigenvalue weighted by molar-refractivity contribution is -0.122. The summed E-state index contributed by atoms with van der Waals surface area (Å²) in [5, 5.41) is 7.86. The summed E-state index contributed by atoms with van der Waals surface area (Å²) in [6.45, 7) is 5.62. The number of rotatable bonds is 5. The molecule has 0 fully saturated rings. The number of nitrogens with zero attached hydrogens (tertiary/aromatic N) is 2. The van der Waals surface area contributed by atoms with Crippen LogP contribution in [0.25, 0.3) is 0 Å². The number of carbonyl (C=O) groups is 1. The highest BCUT2D eigenvalue weighted by atomic mass is 35.5. The molecule has 2 aromatic rings. The topological polar surface area (TPSA) is 56.1 Å². The van der Waals surface area contributed by atoms with E-state index in [0.717, 1.165) is 0 Å². The van der Waals surface area contributed by atoms with Gasteiger partial charge in [-0.05, 0) is 39.0 Å². The van der Waals surface area contributed by atoms with Crippen LogP contribution in [-0.2, 0) is 4.79 Å². The van der Waals surface area contributed by atoms with Gasteiger partial charge in [0.25, 0.3) is 5.91 Å². The number of nitrogens with one attached hydrogen (secondary N) is 1.